The first-order chi connectivity index (χ1) is 16.6. The standard InChI is InChI=1S/C26H25N5O3/c27-22-11-6-18(16-28-22)17-31-25(32)23(19-4-2-1-3-5-19)24(26(31)33)29-20-7-9-21(10-8-20)30-12-14-34-15-13-30/h1-11,16,23H,12-15,17H2,(H2,27,28). The van der Waals surface area contributed by atoms with E-state index in [1.165, 1.54) is 4.90 Å². The molecule has 3 aromatic rings. The first-order valence-corrected chi connectivity index (χ1v) is 11.2. The molecule has 2 aliphatic rings. The van der Waals surface area contributed by atoms with Crippen molar-refractivity contribution in [1.29, 1.82) is 0 Å². The van der Waals surface area contributed by atoms with Crippen molar-refractivity contribution in [1.82, 2.24) is 9.88 Å². The molecule has 2 N–H and O–H groups in total. The van der Waals surface area contributed by atoms with Crippen LogP contribution in [-0.2, 0) is 20.9 Å². The minimum atomic E-state index is -0.755. The molecule has 0 aliphatic carbocycles. The van der Waals surface area contributed by atoms with Crippen LogP contribution in [0.3, 0.4) is 0 Å². The molecular formula is C26H25N5O3. The van der Waals surface area contributed by atoms with Gasteiger partial charge in [-0.3, -0.25) is 14.5 Å². The number of pyridine rings is 1. The Labute approximate surface area is 197 Å². The summed E-state index contributed by atoms with van der Waals surface area (Å²) in [5, 5.41) is 0. The van der Waals surface area contributed by atoms with Crippen LogP contribution < -0.4 is 10.6 Å². The van der Waals surface area contributed by atoms with E-state index in [-0.39, 0.29) is 18.2 Å². The number of aliphatic imine (C=N–C) groups is 1. The number of morpholine rings is 1. The normalized spacial score (nSPS) is 19.8. The Morgan fingerprint density at radius 2 is 1.71 bits per heavy atom. The van der Waals surface area contributed by atoms with Crippen LogP contribution in [0.15, 0.2) is 77.9 Å². The topological polar surface area (TPSA) is 101 Å². The summed E-state index contributed by atoms with van der Waals surface area (Å²) in [6.07, 6.45) is 1.58. The molecule has 5 rings (SSSR count). The number of hydrogen-bond acceptors (Lipinski definition) is 7. The fourth-order valence-electron chi connectivity index (χ4n) is 4.25. The van der Waals surface area contributed by atoms with Crippen molar-refractivity contribution >= 4 is 34.7 Å². The zero-order valence-electron chi connectivity index (χ0n) is 18.6. The first-order valence-electron chi connectivity index (χ1n) is 11.2. The van der Waals surface area contributed by atoms with Crippen LogP contribution >= 0.6 is 0 Å². The molecule has 0 spiro atoms. The molecule has 2 aromatic carbocycles. The van der Waals surface area contributed by atoms with Crippen LogP contribution in [0.2, 0.25) is 0 Å². The summed E-state index contributed by atoms with van der Waals surface area (Å²) in [7, 11) is 0. The molecule has 1 aromatic heterocycles. The van der Waals surface area contributed by atoms with Gasteiger partial charge in [0.1, 0.15) is 17.4 Å². The van der Waals surface area contributed by atoms with E-state index in [4.69, 9.17) is 10.5 Å². The van der Waals surface area contributed by atoms with Gasteiger partial charge in [-0.05, 0) is 41.5 Å². The van der Waals surface area contributed by atoms with E-state index in [2.05, 4.69) is 14.9 Å². The number of nitrogens with zero attached hydrogens (tertiary/aromatic N) is 4. The number of carbonyl (C=O) groups excluding carboxylic acids is 2. The molecule has 0 saturated carbocycles. The molecule has 3 heterocycles. The lowest BCUT2D eigenvalue weighted by molar-refractivity contribution is -0.138. The maximum Gasteiger partial charge on any atom is 0.276 e. The second-order valence-corrected chi connectivity index (χ2v) is 8.28. The number of nitrogen functional groups attached to an aromatic ring is 1. The maximum absolute atomic E-state index is 13.4. The lowest BCUT2D eigenvalue weighted by Gasteiger charge is -2.28. The van der Waals surface area contributed by atoms with Gasteiger partial charge in [-0.2, -0.15) is 0 Å². The highest BCUT2D eigenvalue weighted by molar-refractivity contribution is 6.52. The molecule has 1 unspecified atom stereocenters. The van der Waals surface area contributed by atoms with Crippen LogP contribution in [0.1, 0.15) is 17.0 Å². The van der Waals surface area contributed by atoms with Gasteiger partial charge in [0.05, 0.1) is 25.4 Å². The zero-order chi connectivity index (χ0) is 23.5. The summed E-state index contributed by atoms with van der Waals surface area (Å²) in [6.45, 7) is 3.21. The first kappa shape index (κ1) is 21.8. The summed E-state index contributed by atoms with van der Waals surface area (Å²) in [4.78, 5) is 39.0. The summed E-state index contributed by atoms with van der Waals surface area (Å²) in [5.41, 5.74) is 9.06. The summed E-state index contributed by atoms with van der Waals surface area (Å²) >= 11 is 0. The monoisotopic (exact) mass is 455 g/mol. The van der Waals surface area contributed by atoms with Gasteiger partial charge in [-0.15, -0.1) is 0 Å². The highest BCUT2D eigenvalue weighted by Crippen LogP contribution is 2.31. The minimum Gasteiger partial charge on any atom is -0.384 e. The third-order valence-electron chi connectivity index (χ3n) is 6.05. The third kappa shape index (κ3) is 4.40. The highest BCUT2D eigenvalue weighted by atomic mass is 16.5. The van der Waals surface area contributed by atoms with Crippen LogP contribution in [0.25, 0.3) is 0 Å². The minimum absolute atomic E-state index is 0.114. The molecule has 0 bridgehead atoms. The largest absolute Gasteiger partial charge is 0.384 e. The molecule has 2 saturated heterocycles. The van der Waals surface area contributed by atoms with Crippen molar-refractivity contribution in [3.8, 4) is 0 Å². The van der Waals surface area contributed by atoms with Crippen molar-refractivity contribution < 1.29 is 14.3 Å². The lowest BCUT2D eigenvalue weighted by Crippen LogP contribution is -2.36. The Bertz CT molecular complexity index is 1200. The van der Waals surface area contributed by atoms with Crippen molar-refractivity contribution in [2.45, 2.75) is 12.5 Å². The average Bonchev–Trinajstić information content (AvgIpc) is 3.11. The highest BCUT2D eigenvalue weighted by Gasteiger charge is 2.45. The quantitative estimate of drug-likeness (QED) is 0.594. The molecule has 2 amide bonds. The molecular weight excluding hydrogens is 430 g/mol. The molecule has 34 heavy (non-hydrogen) atoms. The zero-order valence-corrected chi connectivity index (χ0v) is 18.6. The Balaban J connectivity index is 1.46. The van der Waals surface area contributed by atoms with Crippen LogP contribution in [-0.4, -0.2) is 53.7 Å². The van der Waals surface area contributed by atoms with Crippen molar-refractivity contribution in [2.75, 3.05) is 36.9 Å². The van der Waals surface area contributed by atoms with Gasteiger partial charge in [0.25, 0.3) is 5.91 Å². The van der Waals surface area contributed by atoms with Gasteiger partial charge < -0.3 is 15.4 Å². The molecule has 8 heteroatoms. The predicted molar refractivity (Wildman–Crippen MR) is 130 cm³/mol. The van der Waals surface area contributed by atoms with Gasteiger partial charge in [-0.25, -0.2) is 9.98 Å². The Morgan fingerprint density at radius 3 is 2.38 bits per heavy atom. The number of rotatable bonds is 5. The van der Waals surface area contributed by atoms with Gasteiger partial charge in [0.15, 0.2) is 0 Å². The Hall–Kier alpha value is -4.04. The van der Waals surface area contributed by atoms with E-state index in [1.54, 1.807) is 18.3 Å². The Kier molecular flexibility index (Phi) is 6.05. The van der Waals surface area contributed by atoms with Crippen LogP contribution in [0, 0.1) is 0 Å². The average molecular weight is 456 g/mol. The summed E-state index contributed by atoms with van der Waals surface area (Å²) in [6, 6.07) is 20.4. The second-order valence-electron chi connectivity index (χ2n) is 8.28. The van der Waals surface area contributed by atoms with Gasteiger partial charge in [0.2, 0.25) is 5.91 Å². The number of aromatic nitrogens is 1. The predicted octanol–water partition coefficient (Wildman–Crippen LogP) is 2.93. The fraction of sp³-hybridized carbons (Fsp3) is 0.231. The number of benzene rings is 2. The number of amides is 2. The molecule has 1 atom stereocenters. The van der Waals surface area contributed by atoms with E-state index in [9.17, 15) is 9.59 Å². The van der Waals surface area contributed by atoms with Crippen molar-refractivity contribution in [3.63, 3.8) is 0 Å². The number of hydrogen-bond donors (Lipinski definition) is 1. The van der Waals surface area contributed by atoms with Crippen LogP contribution in [0.4, 0.5) is 17.2 Å². The molecule has 0 radical (unpaired) electrons. The molecule has 2 fully saturated rings. The number of carbonyl (C=O) groups is 2. The lowest BCUT2D eigenvalue weighted by atomic mass is 9.96. The third-order valence-corrected chi connectivity index (χ3v) is 6.05. The fourth-order valence-corrected chi connectivity index (χ4v) is 4.25. The molecule has 2 aliphatic heterocycles. The summed E-state index contributed by atoms with van der Waals surface area (Å²) in [5.74, 6) is -1.06. The van der Waals surface area contributed by atoms with E-state index >= 15 is 0 Å². The second kappa shape index (κ2) is 9.44. The SMILES string of the molecule is Nc1ccc(CN2C(=O)C(=Nc3ccc(N4CCOCC4)cc3)C(c3ccccc3)C2=O)cn1. The van der Waals surface area contributed by atoms with Crippen molar-refractivity contribution in [2.24, 2.45) is 4.99 Å². The van der Waals surface area contributed by atoms with Crippen LogP contribution in [0.5, 0.6) is 0 Å². The number of anilines is 2. The van der Waals surface area contributed by atoms with Gasteiger partial charge in [-0.1, -0.05) is 36.4 Å². The number of nitrogens with two attached hydrogens (primary N) is 1. The van der Waals surface area contributed by atoms with E-state index < -0.39 is 11.8 Å². The van der Waals surface area contributed by atoms with Gasteiger partial charge >= 0.3 is 0 Å². The Morgan fingerprint density at radius 1 is 0.971 bits per heavy atom. The molecule has 172 valence electrons. The van der Waals surface area contributed by atoms with E-state index in [0.29, 0.717) is 24.7 Å². The van der Waals surface area contributed by atoms with E-state index in [0.717, 1.165) is 29.9 Å². The number of ether oxygens (including phenoxy) is 1. The number of likely N-dealkylation sites (tertiary alicyclic amines) is 1. The summed E-state index contributed by atoms with van der Waals surface area (Å²) < 4.78 is 5.42. The van der Waals surface area contributed by atoms with Gasteiger partial charge in [0, 0.05) is 25.0 Å². The smallest absolute Gasteiger partial charge is 0.276 e. The number of imide groups is 1. The molecule has 8 nitrogen and oxygen atoms in total. The maximum atomic E-state index is 13.4. The van der Waals surface area contributed by atoms with Crippen molar-refractivity contribution in [3.05, 3.63) is 84.1 Å². The van der Waals surface area contributed by atoms with E-state index in [1.807, 2.05) is 54.6 Å².